The van der Waals surface area contributed by atoms with Gasteiger partial charge in [-0.1, -0.05) is 0 Å². The number of unbranched alkanes of at least 4 members (excludes halogenated alkanes) is 3. The van der Waals surface area contributed by atoms with Gasteiger partial charge in [0, 0.05) is 0 Å². The molecule has 160 valence electrons. The SMILES string of the molecule is CCC[CH2][Sn]([CH2]CCC)([CH2]CCC)[c]1ccc(C(=O)Nc2c(F)cccc2F)s1. The summed E-state index contributed by atoms with van der Waals surface area (Å²) in [4.78, 5) is 13.2. The fraction of sp³-hybridized carbons (Fsp3) is 0.522. The minimum absolute atomic E-state index is 0.370. The van der Waals surface area contributed by atoms with E-state index in [1.54, 1.807) is 11.3 Å². The van der Waals surface area contributed by atoms with E-state index in [1.807, 2.05) is 6.07 Å². The summed E-state index contributed by atoms with van der Waals surface area (Å²) in [7, 11) is 0. The first-order chi connectivity index (χ1) is 14.0. The van der Waals surface area contributed by atoms with Crippen LogP contribution < -0.4 is 8.21 Å². The van der Waals surface area contributed by atoms with Crippen molar-refractivity contribution < 1.29 is 13.6 Å². The van der Waals surface area contributed by atoms with Crippen LogP contribution in [0.15, 0.2) is 30.3 Å². The molecule has 2 rings (SSSR count). The average Bonchev–Trinajstić information content (AvgIpc) is 3.21. The molecular formula is C23H33F2NOSSn. The number of carbonyl (C=O) groups is 1. The zero-order valence-electron chi connectivity index (χ0n) is 17.8. The third-order valence-corrected chi connectivity index (χ3v) is 24.9. The number of para-hydroxylation sites is 1. The van der Waals surface area contributed by atoms with Crippen LogP contribution in [0.1, 0.15) is 69.0 Å². The Labute approximate surface area is 182 Å². The van der Waals surface area contributed by atoms with Gasteiger partial charge in [0.1, 0.15) is 0 Å². The molecule has 1 N–H and O–H groups in total. The Morgan fingerprint density at radius 2 is 1.41 bits per heavy atom. The van der Waals surface area contributed by atoms with Gasteiger partial charge in [0.15, 0.2) is 0 Å². The predicted molar refractivity (Wildman–Crippen MR) is 123 cm³/mol. The van der Waals surface area contributed by atoms with Crippen molar-refractivity contribution in [2.75, 3.05) is 5.32 Å². The van der Waals surface area contributed by atoms with Crippen LogP contribution in [0.5, 0.6) is 0 Å². The first kappa shape index (κ1) is 24.3. The molecule has 0 bridgehead atoms. The maximum absolute atomic E-state index is 13.9. The molecule has 0 aliphatic rings. The number of hydrogen-bond acceptors (Lipinski definition) is 2. The fourth-order valence-electron chi connectivity index (χ4n) is 3.83. The number of hydrogen-bond donors (Lipinski definition) is 1. The van der Waals surface area contributed by atoms with Crippen molar-refractivity contribution in [1.82, 2.24) is 0 Å². The van der Waals surface area contributed by atoms with Gasteiger partial charge in [-0.25, -0.2) is 0 Å². The molecule has 0 radical (unpaired) electrons. The number of carbonyl (C=O) groups excluding carboxylic acids is 1. The van der Waals surface area contributed by atoms with Crippen molar-refractivity contribution in [2.24, 2.45) is 0 Å². The van der Waals surface area contributed by atoms with Gasteiger partial charge in [0.25, 0.3) is 0 Å². The Hall–Kier alpha value is -0.951. The molecule has 0 saturated heterocycles. The van der Waals surface area contributed by atoms with Crippen LogP contribution in [0, 0.1) is 11.6 Å². The monoisotopic (exact) mass is 529 g/mol. The summed E-state index contributed by atoms with van der Waals surface area (Å²) in [5.74, 6) is -1.93. The van der Waals surface area contributed by atoms with E-state index in [1.165, 1.54) is 60.8 Å². The summed E-state index contributed by atoms with van der Waals surface area (Å²) in [6.45, 7) is 6.73. The van der Waals surface area contributed by atoms with Crippen molar-refractivity contribution in [2.45, 2.75) is 72.6 Å². The molecule has 29 heavy (non-hydrogen) atoms. The summed E-state index contributed by atoms with van der Waals surface area (Å²) >= 11 is -1.03. The van der Waals surface area contributed by atoms with Crippen molar-refractivity contribution in [3.8, 4) is 0 Å². The first-order valence-corrected chi connectivity index (χ1v) is 19.1. The summed E-state index contributed by atoms with van der Waals surface area (Å²) in [6, 6.07) is 7.60. The van der Waals surface area contributed by atoms with E-state index in [0.717, 1.165) is 12.1 Å². The van der Waals surface area contributed by atoms with E-state index in [-0.39, 0.29) is 5.69 Å². The Bertz CT molecular complexity index is 751. The molecule has 0 aliphatic carbocycles. The maximum atomic E-state index is 13.9. The van der Waals surface area contributed by atoms with Crippen LogP contribution >= 0.6 is 11.3 Å². The molecule has 2 aromatic rings. The van der Waals surface area contributed by atoms with E-state index in [0.29, 0.717) is 4.88 Å². The number of anilines is 1. The summed E-state index contributed by atoms with van der Waals surface area (Å²) in [5, 5.41) is 2.43. The third kappa shape index (κ3) is 6.51. The molecule has 1 heterocycles. The second-order valence-corrected chi connectivity index (χ2v) is 23.1. The molecule has 0 fully saturated rings. The predicted octanol–water partition coefficient (Wildman–Crippen LogP) is 7.33. The van der Waals surface area contributed by atoms with Crippen LogP contribution in [0.4, 0.5) is 14.5 Å². The number of thiophene rings is 1. The Morgan fingerprint density at radius 3 is 1.90 bits per heavy atom. The topological polar surface area (TPSA) is 29.1 Å². The van der Waals surface area contributed by atoms with E-state index >= 15 is 0 Å². The molecule has 1 aromatic heterocycles. The number of halogens is 2. The molecule has 0 atom stereocenters. The number of nitrogens with one attached hydrogen (secondary N) is 1. The first-order valence-electron chi connectivity index (χ1n) is 10.8. The van der Waals surface area contributed by atoms with E-state index in [4.69, 9.17) is 0 Å². The Morgan fingerprint density at radius 1 is 0.897 bits per heavy atom. The van der Waals surface area contributed by atoms with E-state index in [2.05, 4.69) is 32.2 Å². The van der Waals surface area contributed by atoms with Crippen molar-refractivity contribution in [3.05, 3.63) is 46.8 Å². The van der Waals surface area contributed by atoms with Gasteiger partial charge in [-0.15, -0.1) is 0 Å². The van der Waals surface area contributed by atoms with Gasteiger partial charge < -0.3 is 0 Å². The van der Waals surface area contributed by atoms with Crippen LogP contribution in [-0.2, 0) is 0 Å². The molecular weight excluding hydrogens is 495 g/mol. The molecule has 2 nitrogen and oxygen atoms in total. The molecule has 1 aromatic carbocycles. The van der Waals surface area contributed by atoms with Gasteiger partial charge >= 0.3 is 183 Å². The quantitative estimate of drug-likeness (QED) is 0.287. The molecule has 1 amide bonds. The standard InChI is InChI=1S/C11H6F2NOS.3C4H9.Sn/c12-7-3-1-4-8(13)10(7)14-11(15)9-5-2-6-16-9;3*1-3-4-2;/h1-5H,(H,14,15);3*1,3-4H2,2H3;. The molecule has 0 saturated carbocycles. The molecule has 0 aliphatic heterocycles. The number of amides is 1. The molecule has 0 unspecified atom stereocenters. The summed E-state index contributed by atoms with van der Waals surface area (Å²) in [6.07, 6.45) is 7.35. The summed E-state index contributed by atoms with van der Waals surface area (Å²) < 4.78 is 33.2. The zero-order chi connectivity index (χ0) is 21.3. The number of benzene rings is 1. The van der Waals surface area contributed by atoms with Gasteiger partial charge in [0.2, 0.25) is 0 Å². The van der Waals surface area contributed by atoms with Gasteiger partial charge in [0.05, 0.1) is 0 Å². The fourth-order valence-corrected chi connectivity index (χ4v) is 23.9. The Kier molecular flexibility index (Phi) is 10.1. The van der Waals surface area contributed by atoms with Gasteiger partial charge in [-0.05, 0) is 0 Å². The zero-order valence-corrected chi connectivity index (χ0v) is 21.5. The second kappa shape index (κ2) is 12.0. The minimum atomic E-state index is -2.59. The van der Waals surface area contributed by atoms with Crippen LogP contribution in [-0.4, -0.2) is 24.3 Å². The normalized spacial score (nSPS) is 11.6. The van der Waals surface area contributed by atoms with Crippen LogP contribution in [0.3, 0.4) is 0 Å². The average molecular weight is 528 g/mol. The van der Waals surface area contributed by atoms with Gasteiger partial charge in [-0.3, -0.25) is 0 Å². The number of rotatable bonds is 12. The Balaban J connectivity index is 2.28. The van der Waals surface area contributed by atoms with Crippen molar-refractivity contribution >= 4 is 44.2 Å². The van der Waals surface area contributed by atoms with Gasteiger partial charge in [-0.2, -0.15) is 0 Å². The van der Waals surface area contributed by atoms with E-state index < -0.39 is 35.9 Å². The second-order valence-electron chi connectivity index (χ2n) is 7.81. The van der Waals surface area contributed by atoms with Crippen molar-refractivity contribution in [1.29, 1.82) is 0 Å². The summed E-state index contributed by atoms with van der Waals surface area (Å²) in [5.41, 5.74) is -0.370. The molecule has 0 spiro atoms. The van der Waals surface area contributed by atoms with Crippen molar-refractivity contribution in [3.63, 3.8) is 0 Å². The van der Waals surface area contributed by atoms with Crippen LogP contribution in [0.2, 0.25) is 13.3 Å². The molecule has 6 heteroatoms. The van der Waals surface area contributed by atoms with Crippen LogP contribution in [0.25, 0.3) is 0 Å². The van der Waals surface area contributed by atoms with E-state index in [9.17, 15) is 13.6 Å². The third-order valence-electron chi connectivity index (χ3n) is 5.58.